The number of hydrogen-bond donors (Lipinski definition) is 2. The lowest BCUT2D eigenvalue weighted by Gasteiger charge is -2.11. The molecule has 0 aromatic heterocycles. The first-order valence-corrected chi connectivity index (χ1v) is 6.88. The van der Waals surface area contributed by atoms with Crippen LogP contribution < -0.4 is 5.32 Å². The van der Waals surface area contributed by atoms with Crippen LogP contribution in [-0.4, -0.2) is 11.4 Å². The van der Waals surface area contributed by atoms with Crippen LogP contribution in [0.2, 0.25) is 0 Å². The lowest BCUT2D eigenvalue weighted by molar-refractivity contribution is 0.395. The van der Waals surface area contributed by atoms with E-state index in [0.717, 1.165) is 22.7 Å². The number of rotatable bonds is 4. The maximum Gasteiger partial charge on any atom is 0.187 e. The molecule has 19 heavy (non-hydrogen) atoms. The van der Waals surface area contributed by atoms with Crippen LogP contribution >= 0.6 is 11.8 Å². The minimum Gasteiger partial charge on any atom is -0.503 e. The quantitative estimate of drug-likeness (QED) is 0.831. The molecule has 0 bridgehead atoms. The van der Waals surface area contributed by atoms with Crippen molar-refractivity contribution in [3.8, 4) is 5.75 Å². The maximum atomic E-state index is 13.2. The summed E-state index contributed by atoms with van der Waals surface area (Å²) in [4.78, 5) is 1.06. The Balaban J connectivity index is 2.15. The normalized spacial score (nSPS) is 10.5. The van der Waals surface area contributed by atoms with Crippen molar-refractivity contribution in [3.63, 3.8) is 0 Å². The van der Waals surface area contributed by atoms with Crippen molar-refractivity contribution in [2.75, 3.05) is 11.6 Å². The number of phenolic OH excluding ortho intramolecular Hbond substituents is 1. The molecule has 0 unspecified atom stereocenters. The molecule has 2 nitrogen and oxygen atoms in total. The second kappa shape index (κ2) is 5.93. The Morgan fingerprint density at radius 3 is 2.42 bits per heavy atom. The highest BCUT2D eigenvalue weighted by molar-refractivity contribution is 7.98. The number of aromatic hydroxyl groups is 1. The zero-order valence-corrected chi connectivity index (χ0v) is 11.1. The molecule has 0 aliphatic carbocycles. The largest absolute Gasteiger partial charge is 0.503 e. The molecular weight excluding hydrogens is 268 g/mol. The predicted octanol–water partition coefficient (Wildman–Crippen LogP) is 4.00. The van der Waals surface area contributed by atoms with E-state index < -0.39 is 17.4 Å². The molecule has 0 radical (unpaired) electrons. The summed E-state index contributed by atoms with van der Waals surface area (Å²) in [5.74, 6) is -2.84. The van der Waals surface area contributed by atoms with E-state index >= 15 is 0 Å². The monoisotopic (exact) mass is 281 g/mol. The van der Waals surface area contributed by atoms with Crippen molar-refractivity contribution in [1.29, 1.82) is 0 Å². The number of phenols is 1. The first-order chi connectivity index (χ1) is 9.11. The average molecular weight is 281 g/mol. The maximum absolute atomic E-state index is 13.2. The lowest BCUT2D eigenvalue weighted by atomic mass is 10.2. The molecule has 0 spiro atoms. The molecule has 0 aliphatic rings. The fourth-order valence-electron chi connectivity index (χ4n) is 1.71. The van der Waals surface area contributed by atoms with Gasteiger partial charge in [0.1, 0.15) is 0 Å². The van der Waals surface area contributed by atoms with Crippen molar-refractivity contribution < 1.29 is 13.9 Å². The van der Waals surface area contributed by atoms with Gasteiger partial charge in [0, 0.05) is 17.1 Å². The molecule has 2 rings (SSSR count). The Morgan fingerprint density at radius 2 is 1.79 bits per heavy atom. The van der Waals surface area contributed by atoms with Gasteiger partial charge in [0.2, 0.25) is 0 Å². The summed E-state index contributed by atoms with van der Waals surface area (Å²) in [6.07, 6.45) is 1.96. The molecule has 2 aromatic carbocycles. The van der Waals surface area contributed by atoms with Gasteiger partial charge in [-0.1, -0.05) is 12.1 Å². The van der Waals surface area contributed by atoms with Gasteiger partial charge in [-0.25, -0.2) is 8.78 Å². The van der Waals surface area contributed by atoms with E-state index in [1.165, 1.54) is 0 Å². The van der Waals surface area contributed by atoms with Gasteiger partial charge in [0.15, 0.2) is 17.4 Å². The van der Waals surface area contributed by atoms with Crippen LogP contribution in [0.5, 0.6) is 5.75 Å². The van der Waals surface area contributed by atoms with Crippen molar-refractivity contribution in [1.82, 2.24) is 0 Å². The van der Waals surface area contributed by atoms with Crippen LogP contribution in [0.1, 0.15) is 5.56 Å². The zero-order chi connectivity index (χ0) is 13.8. The van der Waals surface area contributed by atoms with Crippen molar-refractivity contribution in [2.24, 2.45) is 0 Å². The van der Waals surface area contributed by atoms with Gasteiger partial charge in [-0.15, -0.1) is 11.8 Å². The Kier molecular flexibility index (Phi) is 4.27. The fraction of sp³-hybridized carbons (Fsp3) is 0.143. The molecule has 0 heterocycles. The summed E-state index contributed by atoms with van der Waals surface area (Å²) in [5, 5.41) is 12.1. The van der Waals surface area contributed by atoms with Gasteiger partial charge in [-0.3, -0.25) is 0 Å². The van der Waals surface area contributed by atoms with Gasteiger partial charge in [0.05, 0.1) is 0 Å². The van der Waals surface area contributed by atoms with E-state index in [4.69, 9.17) is 5.11 Å². The summed E-state index contributed by atoms with van der Waals surface area (Å²) >= 11 is 1.59. The highest BCUT2D eigenvalue weighted by atomic mass is 32.2. The Morgan fingerprint density at radius 1 is 1.16 bits per heavy atom. The van der Waals surface area contributed by atoms with E-state index in [9.17, 15) is 8.78 Å². The fourth-order valence-corrected chi connectivity index (χ4v) is 2.28. The van der Waals surface area contributed by atoms with Crippen LogP contribution in [-0.2, 0) is 6.54 Å². The second-order valence-electron chi connectivity index (χ2n) is 3.96. The van der Waals surface area contributed by atoms with Crippen molar-refractivity contribution in [3.05, 3.63) is 53.6 Å². The summed E-state index contributed by atoms with van der Waals surface area (Å²) in [5.41, 5.74) is 1.34. The molecular formula is C14H13F2NOS. The average Bonchev–Trinajstić information content (AvgIpc) is 2.42. The number of anilines is 1. The third-order valence-electron chi connectivity index (χ3n) is 2.67. The molecule has 2 N–H and O–H groups in total. The van der Waals surface area contributed by atoms with E-state index in [1.54, 1.807) is 11.8 Å². The Labute approximate surface area is 114 Å². The zero-order valence-electron chi connectivity index (χ0n) is 10.3. The Hall–Kier alpha value is -1.75. The van der Waals surface area contributed by atoms with E-state index in [2.05, 4.69) is 5.32 Å². The van der Waals surface area contributed by atoms with Crippen molar-refractivity contribution >= 4 is 17.4 Å². The van der Waals surface area contributed by atoms with Crippen LogP contribution in [0, 0.1) is 11.6 Å². The summed E-state index contributed by atoms with van der Waals surface area (Å²) in [6.45, 7) is 0.283. The molecule has 0 atom stereocenters. The predicted molar refractivity (Wildman–Crippen MR) is 73.6 cm³/mol. The minimum absolute atomic E-state index is 0.283. The van der Waals surface area contributed by atoms with Crippen LogP contribution in [0.25, 0.3) is 0 Å². The number of hydrogen-bond acceptors (Lipinski definition) is 3. The third kappa shape index (κ3) is 3.17. The SMILES string of the molecule is CSc1ccccc1NCc1cc(F)c(O)c(F)c1. The summed E-state index contributed by atoms with van der Waals surface area (Å²) in [6, 6.07) is 9.92. The number of nitrogens with one attached hydrogen (secondary N) is 1. The number of para-hydroxylation sites is 1. The van der Waals surface area contributed by atoms with Crippen LogP contribution in [0.15, 0.2) is 41.3 Å². The van der Waals surface area contributed by atoms with Crippen molar-refractivity contribution in [2.45, 2.75) is 11.4 Å². The molecule has 0 saturated carbocycles. The van der Waals surface area contributed by atoms with E-state index in [-0.39, 0.29) is 6.54 Å². The highest BCUT2D eigenvalue weighted by Crippen LogP contribution is 2.26. The molecule has 0 amide bonds. The van der Waals surface area contributed by atoms with Gasteiger partial charge < -0.3 is 10.4 Å². The van der Waals surface area contributed by atoms with Gasteiger partial charge in [0.25, 0.3) is 0 Å². The number of halogens is 2. The van der Waals surface area contributed by atoms with E-state index in [1.807, 2.05) is 30.5 Å². The topological polar surface area (TPSA) is 32.3 Å². The van der Waals surface area contributed by atoms with Crippen LogP contribution in [0.3, 0.4) is 0 Å². The second-order valence-corrected chi connectivity index (χ2v) is 4.81. The molecule has 2 aromatic rings. The lowest BCUT2D eigenvalue weighted by Crippen LogP contribution is -2.01. The van der Waals surface area contributed by atoms with Gasteiger partial charge in [-0.2, -0.15) is 0 Å². The minimum atomic E-state index is -0.949. The highest BCUT2D eigenvalue weighted by Gasteiger charge is 2.09. The molecule has 0 fully saturated rings. The smallest absolute Gasteiger partial charge is 0.187 e. The molecule has 100 valence electrons. The number of thioether (sulfide) groups is 1. The van der Waals surface area contributed by atoms with Crippen LogP contribution in [0.4, 0.5) is 14.5 Å². The molecule has 5 heteroatoms. The molecule has 0 saturated heterocycles. The Bertz CT molecular complexity index is 566. The van der Waals surface area contributed by atoms with E-state index in [0.29, 0.717) is 5.56 Å². The molecule has 0 aliphatic heterocycles. The first kappa shape index (κ1) is 13.7. The van der Waals surface area contributed by atoms with Gasteiger partial charge >= 0.3 is 0 Å². The third-order valence-corrected chi connectivity index (χ3v) is 3.46. The summed E-state index contributed by atoms with van der Waals surface area (Å²) < 4.78 is 26.4. The standard InChI is InChI=1S/C14H13F2NOS/c1-19-13-5-3-2-4-12(13)17-8-9-6-10(15)14(18)11(16)7-9/h2-7,17-18H,8H2,1H3. The van der Waals surface area contributed by atoms with Gasteiger partial charge in [-0.05, 0) is 36.1 Å². The summed E-state index contributed by atoms with van der Waals surface area (Å²) in [7, 11) is 0. The first-order valence-electron chi connectivity index (χ1n) is 5.65. The number of benzene rings is 2.